The van der Waals surface area contributed by atoms with Gasteiger partial charge in [-0.05, 0) is 23.0 Å². The van der Waals surface area contributed by atoms with Crippen LogP contribution in [0, 0.1) is 17.8 Å². The van der Waals surface area contributed by atoms with E-state index in [2.05, 4.69) is 39.8 Å². The van der Waals surface area contributed by atoms with E-state index >= 15 is 0 Å². The number of hydrogen-bond donors (Lipinski definition) is 0. The summed E-state index contributed by atoms with van der Waals surface area (Å²) in [5.74, 6) is 0.887. The summed E-state index contributed by atoms with van der Waals surface area (Å²) in [5, 5.41) is 0. The van der Waals surface area contributed by atoms with Crippen LogP contribution in [0.1, 0.15) is 27.7 Å². The van der Waals surface area contributed by atoms with Crippen molar-refractivity contribution < 1.29 is 9.53 Å². The lowest BCUT2D eigenvalue weighted by Gasteiger charge is -2.34. The minimum absolute atomic E-state index is 0.0880. The molecule has 0 saturated heterocycles. The Morgan fingerprint density at radius 1 is 1.18 bits per heavy atom. The van der Waals surface area contributed by atoms with Gasteiger partial charge >= 0.3 is 0 Å². The Labute approximate surface area is 103 Å². The van der Waals surface area contributed by atoms with E-state index in [-0.39, 0.29) is 17.8 Å². The molecule has 2 nitrogen and oxygen atoms in total. The average Bonchev–Trinajstić information content (AvgIpc) is 2.28. The lowest BCUT2D eigenvalue weighted by Crippen LogP contribution is -2.36. The van der Waals surface area contributed by atoms with Gasteiger partial charge in [0.05, 0.1) is 12.2 Å². The normalized spacial score (nSPS) is 27.8. The maximum absolute atomic E-state index is 11.9. The molecule has 2 unspecified atom stereocenters. The minimum atomic E-state index is -0.125. The molecule has 1 aliphatic carbocycles. The summed E-state index contributed by atoms with van der Waals surface area (Å²) in [6.45, 7) is 8.62. The van der Waals surface area contributed by atoms with Crippen molar-refractivity contribution in [1.29, 1.82) is 0 Å². The molecule has 2 atom stereocenters. The van der Waals surface area contributed by atoms with Gasteiger partial charge in [0, 0.05) is 6.08 Å². The van der Waals surface area contributed by atoms with Crippen molar-refractivity contribution >= 4 is 5.78 Å². The topological polar surface area (TPSA) is 26.3 Å². The Bertz CT molecular complexity index is 411. The van der Waals surface area contributed by atoms with Crippen molar-refractivity contribution in [2.45, 2.75) is 33.8 Å². The van der Waals surface area contributed by atoms with E-state index in [1.165, 1.54) is 17.4 Å². The summed E-state index contributed by atoms with van der Waals surface area (Å²) in [5.41, 5.74) is 2.49. The van der Waals surface area contributed by atoms with Crippen molar-refractivity contribution in [3.63, 3.8) is 0 Å². The van der Waals surface area contributed by atoms with Gasteiger partial charge in [-0.3, -0.25) is 4.79 Å². The van der Waals surface area contributed by atoms with Crippen molar-refractivity contribution in [3.05, 3.63) is 35.6 Å². The number of carbonyl (C=O) groups is 1. The Hall–Kier alpha value is -1.31. The molecule has 0 saturated carbocycles. The van der Waals surface area contributed by atoms with Crippen LogP contribution < -0.4 is 0 Å². The molecule has 0 aromatic heterocycles. The second kappa shape index (κ2) is 4.52. The molecule has 1 aliphatic heterocycles. The number of hydrogen-bond acceptors (Lipinski definition) is 2. The molecule has 0 radical (unpaired) electrons. The van der Waals surface area contributed by atoms with Crippen molar-refractivity contribution in [2.24, 2.45) is 17.8 Å². The first-order valence-electron chi connectivity index (χ1n) is 6.29. The molecule has 0 aromatic rings. The van der Waals surface area contributed by atoms with Crippen LogP contribution in [0.5, 0.6) is 0 Å². The van der Waals surface area contributed by atoms with E-state index < -0.39 is 0 Å². The molecule has 92 valence electrons. The third kappa shape index (κ3) is 2.21. The quantitative estimate of drug-likeness (QED) is 0.730. The zero-order valence-corrected chi connectivity index (χ0v) is 10.9. The van der Waals surface area contributed by atoms with Gasteiger partial charge in [0.2, 0.25) is 0 Å². The Balaban J connectivity index is 2.42. The van der Waals surface area contributed by atoms with Gasteiger partial charge in [0.25, 0.3) is 0 Å². The van der Waals surface area contributed by atoms with E-state index in [1.807, 2.05) is 0 Å². The monoisotopic (exact) mass is 232 g/mol. The summed E-state index contributed by atoms with van der Waals surface area (Å²) in [7, 11) is 0. The standard InChI is InChI=1S/C15H20O2/c1-9(2)11-7-12(10(3)4)15-13(8-11)14(16)5-6-17-15/h5-10,13,15H,1-4H3. The Morgan fingerprint density at radius 3 is 2.47 bits per heavy atom. The van der Waals surface area contributed by atoms with Crippen LogP contribution in [0.4, 0.5) is 0 Å². The molecule has 0 amide bonds. The van der Waals surface area contributed by atoms with E-state index in [0.29, 0.717) is 11.8 Å². The van der Waals surface area contributed by atoms with Crippen molar-refractivity contribution in [1.82, 2.24) is 0 Å². The van der Waals surface area contributed by atoms with Crippen molar-refractivity contribution in [3.8, 4) is 0 Å². The molecule has 0 bridgehead atoms. The largest absolute Gasteiger partial charge is 0.492 e. The molecule has 2 heteroatoms. The van der Waals surface area contributed by atoms with Crippen LogP contribution in [0.2, 0.25) is 0 Å². The van der Waals surface area contributed by atoms with Gasteiger partial charge in [0.15, 0.2) is 5.78 Å². The smallest absolute Gasteiger partial charge is 0.169 e. The maximum Gasteiger partial charge on any atom is 0.169 e. The molecule has 1 heterocycles. The Morgan fingerprint density at radius 2 is 1.88 bits per heavy atom. The first-order chi connectivity index (χ1) is 8.00. The average molecular weight is 232 g/mol. The summed E-state index contributed by atoms with van der Waals surface area (Å²) >= 11 is 0. The van der Waals surface area contributed by atoms with Gasteiger partial charge in [-0.25, -0.2) is 0 Å². The second-order valence-electron chi connectivity index (χ2n) is 5.41. The van der Waals surface area contributed by atoms with Crippen molar-refractivity contribution in [2.75, 3.05) is 0 Å². The lowest BCUT2D eigenvalue weighted by atomic mass is 9.77. The van der Waals surface area contributed by atoms with Crippen LogP contribution in [0.3, 0.4) is 0 Å². The van der Waals surface area contributed by atoms with Gasteiger partial charge in [0.1, 0.15) is 6.10 Å². The molecule has 17 heavy (non-hydrogen) atoms. The first-order valence-corrected chi connectivity index (χ1v) is 6.29. The number of ketones is 1. The minimum Gasteiger partial charge on any atom is -0.492 e. The van der Waals surface area contributed by atoms with Gasteiger partial charge < -0.3 is 4.74 Å². The molecule has 0 N–H and O–H groups in total. The highest BCUT2D eigenvalue weighted by Crippen LogP contribution is 2.35. The summed E-state index contributed by atoms with van der Waals surface area (Å²) in [6.07, 6.45) is 7.28. The predicted octanol–water partition coefficient (Wildman–Crippen LogP) is 3.26. The second-order valence-corrected chi connectivity index (χ2v) is 5.41. The van der Waals surface area contributed by atoms with Gasteiger partial charge in [-0.15, -0.1) is 0 Å². The van der Waals surface area contributed by atoms with Crippen LogP contribution in [-0.2, 0) is 9.53 Å². The fourth-order valence-corrected chi connectivity index (χ4v) is 2.38. The molecule has 2 aliphatic rings. The number of carbonyl (C=O) groups excluding carboxylic acids is 1. The maximum atomic E-state index is 11.9. The van der Waals surface area contributed by atoms with Crippen LogP contribution in [0.25, 0.3) is 0 Å². The molecule has 2 rings (SSSR count). The summed E-state index contributed by atoms with van der Waals surface area (Å²) in [4.78, 5) is 11.9. The lowest BCUT2D eigenvalue weighted by molar-refractivity contribution is -0.121. The third-order valence-electron chi connectivity index (χ3n) is 3.48. The van der Waals surface area contributed by atoms with E-state index in [9.17, 15) is 4.79 Å². The predicted molar refractivity (Wildman–Crippen MR) is 68.4 cm³/mol. The summed E-state index contributed by atoms with van der Waals surface area (Å²) in [6, 6.07) is 0. The van der Waals surface area contributed by atoms with Gasteiger partial charge in [-0.1, -0.05) is 39.8 Å². The number of rotatable bonds is 2. The van der Waals surface area contributed by atoms with E-state index in [4.69, 9.17) is 4.74 Å². The summed E-state index contributed by atoms with van der Waals surface area (Å²) < 4.78 is 5.64. The van der Waals surface area contributed by atoms with Crippen LogP contribution >= 0.6 is 0 Å². The zero-order valence-electron chi connectivity index (χ0n) is 10.9. The SMILES string of the molecule is CC(C)C1=CC2C(=O)C=COC2C(C(C)C)=C1. The highest BCUT2D eigenvalue weighted by molar-refractivity contribution is 5.94. The fraction of sp³-hybridized carbons (Fsp3) is 0.533. The molecule has 0 spiro atoms. The molecular weight excluding hydrogens is 212 g/mol. The van der Waals surface area contributed by atoms with Crippen LogP contribution in [0.15, 0.2) is 35.6 Å². The molecule has 0 fully saturated rings. The third-order valence-corrected chi connectivity index (χ3v) is 3.48. The first kappa shape index (κ1) is 12.2. The molecule has 0 aromatic carbocycles. The van der Waals surface area contributed by atoms with Crippen LogP contribution in [-0.4, -0.2) is 11.9 Å². The number of allylic oxidation sites excluding steroid dienone is 3. The van der Waals surface area contributed by atoms with E-state index in [0.717, 1.165) is 0 Å². The number of fused-ring (bicyclic) bond motifs is 1. The fourth-order valence-electron chi connectivity index (χ4n) is 2.38. The highest BCUT2D eigenvalue weighted by atomic mass is 16.5. The van der Waals surface area contributed by atoms with E-state index in [1.54, 1.807) is 6.08 Å². The molecular formula is C15H20O2. The Kier molecular flexibility index (Phi) is 3.23. The van der Waals surface area contributed by atoms with Gasteiger partial charge in [-0.2, -0.15) is 0 Å². The highest BCUT2D eigenvalue weighted by Gasteiger charge is 2.36. The zero-order chi connectivity index (χ0) is 12.6. The number of ether oxygens (including phenoxy) is 1.